The van der Waals surface area contributed by atoms with Gasteiger partial charge in [-0.05, 0) is 38.8 Å². The molecule has 0 aromatic carbocycles. The summed E-state index contributed by atoms with van der Waals surface area (Å²) in [7, 11) is 3.51. The first-order chi connectivity index (χ1) is 11.7. The van der Waals surface area contributed by atoms with Crippen molar-refractivity contribution < 1.29 is 9.53 Å². The lowest BCUT2D eigenvalue weighted by Crippen LogP contribution is -2.43. The number of carbonyl (C=O) groups is 1. The Kier molecular flexibility index (Phi) is 11.4. The monoisotopic (exact) mass is 479 g/mol. The molecule has 1 amide bonds. The lowest BCUT2D eigenvalue weighted by Gasteiger charge is -2.26. The Labute approximate surface area is 174 Å². The van der Waals surface area contributed by atoms with Crippen molar-refractivity contribution in [2.24, 2.45) is 10.9 Å². The number of guanidine groups is 1. The molecule has 26 heavy (non-hydrogen) atoms. The molecule has 1 unspecified atom stereocenters. The predicted octanol–water partition coefficient (Wildman–Crippen LogP) is 2.77. The molecule has 2 N–H and O–H groups in total. The molecular formula is C18H34IN5O2. The maximum absolute atomic E-state index is 12.0. The van der Waals surface area contributed by atoms with Gasteiger partial charge in [0.05, 0.1) is 0 Å². The number of aliphatic imine (C=N–C) groups is 1. The lowest BCUT2D eigenvalue weighted by molar-refractivity contribution is 0.0278. The van der Waals surface area contributed by atoms with E-state index in [1.807, 2.05) is 45.3 Å². The minimum Gasteiger partial charge on any atom is -0.444 e. The van der Waals surface area contributed by atoms with E-state index in [9.17, 15) is 4.79 Å². The molecule has 1 atom stereocenters. The maximum Gasteiger partial charge on any atom is 0.410 e. The third kappa shape index (κ3) is 10.5. The molecular weight excluding hydrogens is 445 g/mol. The van der Waals surface area contributed by atoms with Crippen LogP contribution in [0.25, 0.3) is 0 Å². The normalized spacial score (nSPS) is 12.8. The van der Waals surface area contributed by atoms with Crippen LogP contribution in [0.2, 0.25) is 0 Å². The predicted molar refractivity (Wildman–Crippen MR) is 117 cm³/mol. The molecule has 150 valence electrons. The van der Waals surface area contributed by atoms with Gasteiger partial charge in [-0.3, -0.25) is 4.99 Å². The van der Waals surface area contributed by atoms with Crippen molar-refractivity contribution in [2.45, 2.75) is 39.8 Å². The molecule has 1 heterocycles. The van der Waals surface area contributed by atoms with Crippen LogP contribution in [-0.2, 0) is 11.3 Å². The highest BCUT2D eigenvalue weighted by Crippen LogP contribution is 2.10. The van der Waals surface area contributed by atoms with E-state index in [0.29, 0.717) is 6.54 Å². The van der Waals surface area contributed by atoms with Crippen LogP contribution in [0, 0.1) is 5.92 Å². The largest absolute Gasteiger partial charge is 0.444 e. The SMILES string of the molecule is CN=C(NCCn1cccc1)NCC(C)CN(C)C(=O)OC(C)(C)C.I. The van der Waals surface area contributed by atoms with E-state index < -0.39 is 5.60 Å². The highest BCUT2D eigenvalue weighted by atomic mass is 127. The minimum atomic E-state index is -0.474. The van der Waals surface area contributed by atoms with Gasteiger partial charge in [-0.2, -0.15) is 0 Å². The number of halogens is 1. The third-order valence-corrected chi connectivity index (χ3v) is 3.46. The number of carbonyl (C=O) groups excluding carboxylic acids is 1. The van der Waals surface area contributed by atoms with Gasteiger partial charge in [0.2, 0.25) is 0 Å². The number of hydrogen-bond donors (Lipinski definition) is 2. The number of hydrogen-bond acceptors (Lipinski definition) is 3. The summed E-state index contributed by atoms with van der Waals surface area (Å²) >= 11 is 0. The fraction of sp³-hybridized carbons (Fsp3) is 0.667. The van der Waals surface area contributed by atoms with E-state index in [0.717, 1.165) is 25.6 Å². The van der Waals surface area contributed by atoms with Crippen molar-refractivity contribution in [3.05, 3.63) is 24.5 Å². The van der Waals surface area contributed by atoms with E-state index in [1.165, 1.54) is 0 Å². The van der Waals surface area contributed by atoms with Crippen LogP contribution in [0.5, 0.6) is 0 Å². The average Bonchev–Trinajstić information content (AvgIpc) is 3.02. The van der Waals surface area contributed by atoms with E-state index in [4.69, 9.17) is 4.74 Å². The average molecular weight is 479 g/mol. The molecule has 0 saturated carbocycles. The summed E-state index contributed by atoms with van der Waals surface area (Å²) in [6.07, 6.45) is 3.77. The second kappa shape index (κ2) is 12.0. The van der Waals surface area contributed by atoms with Crippen molar-refractivity contribution in [3.8, 4) is 0 Å². The van der Waals surface area contributed by atoms with Gasteiger partial charge in [-0.25, -0.2) is 4.79 Å². The zero-order chi connectivity index (χ0) is 18.9. The number of aromatic nitrogens is 1. The van der Waals surface area contributed by atoms with Gasteiger partial charge in [-0.1, -0.05) is 6.92 Å². The zero-order valence-corrected chi connectivity index (χ0v) is 19.1. The van der Waals surface area contributed by atoms with Gasteiger partial charge in [-0.15, -0.1) is 24.0 Å². The summed E-state index contributed by atoms with van der Waals surface area (Å²) in [4.78, 5) is 17.8. The second-order valence-corrected chi connectivity index (χ2v) is 7.27. The summed E-state index contributed by atoms with van der Waals surface area (Å²) in [5.74, 6) is 1.03. The van der Waals surface area contributed by atoms with Gasteiger partial charge >= 0.3 is 6.09 Å². The number of nitrogens with zero attached hydrogens (tertiary/aromatic N) is 3. The number of rotatable bonds is 7. The molecule has 8 heteroatoms. The van der Waals surface area contributed by atoms with Gasteiger partial charge in [0, 0.05) is 52.7 Å². The van der Waals surface area contributed by atoms with Gasteiger partial charge in [0.25, 0.3) is 0 Å². The summed E-state index contributed by atoms with van der Waals surface area (Å²) in [6, 6.07) is 4.02. The standard InChI is InChI=1S/C18H33N5O2.HI/c1-15(14-22(6)17(24)25-18(2,3)4)13-21-16(19-5)20-9-12-23-10-7-8-11-23;/h7-8,10-11,15H,9,12-14H2,1-6H3,(H2,19,20,21);1H. The molecule has 7 nitrogen and oxygen atoms in total. The molecule has 0 aliphatic heterocycles. The van der Waals surface area contributed by atoms with Crippen molar-refractivity contribution in [1.29, 1.82) is 0 Å². The van der Waals surface area contributed by atoms with Crippen LogP contribution in [-0.4, -0.2) is 60.9 Å². The summed E-state index contributed by atoms with van der Waals surface area (Å²) in [5.41, 5.74) is -0.474. The van der Waals surface area contributed by atoms with Crippen LogP contribution in [0.15, 0.2) is 29.5 Å². The Morgan fingerprint density at radius 2 is 1.88 bits per heavy atom. The summed E-state index contributed by atoms with van der Waals surface area (Å²) < 4.78 is 7.47. The molecule has 0 saturated heterocycles. The Bertz CT molecular complexity index is 540. The van der Waals surface area contributed by atoms with Gasteiger partial charge < -0.3 is 24.8 Å². The molecule has 0 fully saturated rings. The first-order valence-corrected chi connectivity index (χ1v) is 8.70. The van der Waals surface area contributed by atoms with Crippen LogP contribution in [0.3, 0.4) is 0 Å². The fourth-order valence-electron chi connectivity index (χ4n) is 2.26. The Morgan fingerprint density at radius 1 is 1.27 bits per heavy atom. The van der Waals surface area contributed by atoms with Gasteiger partial charge in [0.1, 0.15) is 5.60 Å². The molecule has 1 aromatic heterocycles. The Morgan fingerprint density at radius 3 is 2.42 bits per heavy atom. The van der Waals surface area contributed by atoms with Crippen LogP contribution in [0.1, 0.15) is 27.7 Å². The molecule has 0 bridgehead atoms. The number of nitrogens with one attached hydrogen (secondary N) is 2. The highest BCUT2D eigenvalue weighted by Gasteiger charge is 2.20. The number of ether oxygens (including phenoxy) is 1. The Balaban J connectivity index is 0.00000625. The summed E-state index contributed by atoms with van der Waals surface area (Å²) in [6.45, 7) is 10.7. The van der Waals surface area contributed by atoms with Crippen LogP contribution >= 0.6 is 24.0 Å². The molecule has 0 spiro atoms. The van der Waals surface area contributed by atoms with E-state index in [2.05, 4.69) is 27.1 Å². The minimum absolute atomic E-state index is 0. The third-order valence-electron chi connectivity index (χ3n) is 3.46. The highest BCUT2D eigenvalue weighted by molar-refractivity contribution is 14.0. The van der Waals surface area contributed by atoms with Crippen molar-refractivity contribution in [1.82, 2.24) is 20.1 Å². The molecule has 0 aliphatic rings. The van der Waals surface area contributed by atoms with E-state index in [-0.39, 0.29) is 36.0 Å². The van der Waals surface area contributed by atoms with Gasteiger partial charge in [0.15, 0.2) is 5.96 Å². The quantitative estimate of drug-likeness (QED) is 0.359. The number of amides is 1. The smallest absolute Gasteiger partial charge is 0.410 e. The van der Waals surface area contributed by atoms with Crippen molar-refractivity contribution >= 4 is 36.0 Å². The van der Waals surface area contributed by atoms with Crippen molar-refractivity contribution in [3.63, 3.8) is 0 Å². The van der Waals surface area contributed by atoms with E-state index in [1.54, 1.807) is 19.0 Å². The topological polar surface area (TPSA) is 70.9 Å². The molecule has 0 aliphatic carbocycles. The molecule has 1 aromatic rings. The molecule has 1 rings (SSSR count). The fourth-order valence-corrected chi connectivity index (χ4v) is 2.26. The summed E-state index contributed by atoms with van der Waals surface area (Å²) in [5, 5.41) is 6.58. The first-order valence-electron chi connectivity index (χ1n) is 8.70. The second-order valence-electron chi connectivity index (χ2n) is 7.27. The Hall–Kier alpha value is -1.45. The zero-order valence-electron chi connectivity index (χ0n) is 16.8. The van der Waals surface area contributed by atoms with Crippen LogP contribution < -0.4 is 10.6 Å². The lowest BCUT2D eigenvalue weighted by atomic mass is 10.1. The van der Waals surface area contributed by atoms with E-state index >= 15 is 0 Å². The maximum atomic E-state index is 12.0. The molecule has 0 radical (unpaired) electrons. The van der Waals surface area contributed by atoms with Crippen LogP contribution in [0.4, 0.5) is 4.79 Å². The van der Waals surface area contributed by atoms with Crippen molar-refractivity contribution in [2.75, 3.05) is 33.7 Å². The first kappa shape index (κ1) is 24.6.